The van der Waals surface area contributed by atoms with Crippen LogP contribution in [0.15, 0.2) is 30.3 Å². The van der Waals surface area contributed by atoms with E-state index in [1.807, 2.05) is 11.8 Å². The van der Waals surface area contributed by atoms with Crippen LogP contribution in [0, 0.1) is 6.92 Å². The Hall–Kier alpha value is -1.06. The van der Waals surface area contributed by atoms with Gasteiger partial charge in [0.15, 0.2) is 0 Å². The smallest absolute Gasteiger partial charge is 0.0708 e. The monoisotopic (exact) mass is 302 g/mol. The third kappa shape index (κ3) is 5.33. The van der Waals surface area contributed by atoms with Gasteiger partial charge in [-0.3, -0.25) is 4.98 Å². The second kappa shape index (κ2) is 9.06. The van der Waals surface area contributed by atoms with Crippen molar-refractivity contribution in [2.24, 2.45) is 0 Å². The van der Waals surface area contributed by atoms with Crippen LogP contribution in [-0.4, -0.2) is 23.5 Å². The first-order chi connectivity index (χ1) is 10.3. The van der Waals surface area contributed by atoms with Gasteiger partial charge in [0.05, 0.1) is 5.52 Å². The number of pyridine rings is 1. The van der Waals surface area contributed by atoms with Gasteiger partial charge in [-0.15, -0.1) is 0 Å². The molecule has 0 bridgehead atoms. The molecule has 0 atom stereocenters. The van der Waals surface area contributed by atoms with Gasteiger partial charge in [0, 0.05) is 17.6 Å². The van der Waals surface area contributed by atoms with Gasteiger partial charge in [-0.05, 0) is 56.0 Å². The van der Waals surface area contributed by atoms with Gasteiger partial charge in [-0.2, -0.15) is 11.8 Å². The van der Waals surface area contributed by atoms with Crippen molar-refractivity contribution in [1.82, 2.24) is 10.3 Å². The first-order valence-electron chi connectivity index (χ1n) is 7.86. The molecule has 0 spiro atoms. The Morgan fingerprint density at radius 2 is 1.90 bits per heavy atom. The predicted molar refractivity (Wildman–Crippen MR) is 95.0 cm³/mol. The molecule has 1 aromatic heterocycles. The molecule has 2 nitrogen and oxygen atoms in total. The number of benzene rings is 1. The molecule has 0 aliphatic carbocycles. The first kappa shape index (κ1) is 16.3. The molecule has 1 heterocycles. The van der Waals surface area contributed by atoms with Crippen molar-refractivity contribution < 1.29 is 0 Å². The lowest BCUT2D eigenvalue weighted by Crippen LogP contribution is -2.15. The van der Waals surface area contributed by atoms with Gasteiger partial charge in [-0.1, -0.05) is 31.0 Å². The summed E-state index contributed by atoms with van der Waals surface area (Å²) in [5.41, 5.74) is 3.56. The number of unbranched alkanes of at least 4 members (excludes halogenated alkanes) is 3. The van der Waals surface area contributed by atoms with Crippen molar-refractivity contribution >= 4 is 22.7 Å². The van der Waals surface area contributed by atoms with Crippen LogP contribution in [0.2, 0.25) is 0 Å². The summed E-state index contributed by atoms with van der Waals surface area (Å²) in [6.07, 6.45) is 7.51. The van der Waals surface area contributed by atoms with Gasteiger partial charge in [0.2, 0.25) is 0 Å². The molecule has 0 aliphatic rings. The lowest BCUT2D eigenvalue weighted by Gasteiger charge is -2.09. The Morgan fingerprint density at radius 1 is 1.10 bits per heavy atom. The molecule has 1 N–H and O–H groups in total. The van der Waals surface area contributed by atoms with Crippen LogP contribution in [0.5, 0.6) is 0 Å². The summed E-state index contributed by atoms with van der Waals surface area (Å²) in [6.45, 7) is 4.12. The fraction of sp³-hybridized carbons (Fsp3) is 0.500. The number of rotatable bonds is 9. The van der Waals surface area contributed by atoms with E-state index in [1.54, 1.807) is 0 Å². The fourth-order valence-electron chi connectivity index (χ4n) is 2.61. The van der Waals surface area contributed by atoms with E-state index in [-0.39, 0.29) is 0 Å². The van der Waals surface area contributed by atoms with Gasteiger partial charge in [0.25, 0.3) is 0 Å². The van der Waals surface area contributed by atoms with Crippen LogP contribution in [0.3, 0.4) is 0 Å². The van der Waals surface area contributed by atoms with E-state index in [2.05, 4.69) is 53.8 Å². The molecule has 3 heteroatoms. The summed E-state index contributed by atoms with van der Waals surface area (Å²) in [5.74, 6) is 1.30. The number of fused-ring (bicyclic) bond motifs is 1. The van der Waals surface area contributed by atoms with Crippen molar-refractivity contribution in [2.45, 2.75) is 39.2 Å². The van der Waals surface area contributed by atoms with Gasteiger partial charge < -0.3 is 5.32 Å². The summed E-state index contributed by atoms with van der Waals surface area (Å²) >= 11 is 1.95. The van der Waals surface area contributed by atoms with Crippen LogP contribution < -0.4 is 5.32 Å². The van der Waals surface area contributed by atoms with E-state index < -0.39 is 0 Å². The number of aryl methyl sites for hydroxylation is 1. The first-order valence-corrected chi connectivity index (χ1v) is 9.25. The lowest BCUT2D eigenvalue weighted by atomic mass is 10.1. The van der Waals surface area contributed by atoms with Crippen molar-refractivity contribution in [2.75, 3.05) is 18.6 Å². The highest BCUT2D eigenvalue weighted by atomic mass is 32.2. The minimum absolute atomic E-state index is 0.939. The van der Waals surface area contributed by atoms with Crippen LogP contribution in [0.1, 0.15) is 36.9 Å². The molecule has 114 valence electrons. The molecular formula is C18H26N2S. The van der Waals surface area contributed by atoms with Crippen LogP contribution in [-0.2, 0) is 6.54 Å². The van der Waals surface area contributed by atoms with E-state index in [0.29, 0.717) is 0 Å². The molecule has 0 saturated heterocycles. The summed E-state index contributed by atoms with van der Waals surface area (Å²) < 4.78 is 0. The normalized spacial score (nSPS) is 11.1. The fourth-order valence-corrected chi connectivity index (χ4v) is 3.11. The van der Waals surface area contributed by atoms with Crippen LogP contribution in [0.25, 0.3) is 10.9 Å². The maximum atomic E-state index is 4.59. The van der Waals surface area contributed by atoms with Crippen molar-refractivity contribution in [1.29, 1.82) is 0 Å². The Labute approximate surface area is 132 Å². The molecule has 2 aromatic rings. The second-order valence-electron chi connectivity index (χ2n) is 5.52. The van der Waals surface area contributed by atoms with Crippen molar-refractivity contribution in [3.63, 3.8) is 0 Å². The van der Waals surface area contributed by atoms with E-state index in [0.717, 1.165) is 24.3 Å². The van der Waals surface area contributed by atoms with Crippen molar-refractivity contribution in [3.8, 4) is 0 Å². The van der Waals surface area contributed by atoms with Crippen molar-refractivity contribution in [3.05, 3.63) is 41.6 Å². The minimum Gasteiger partial charge on any atom is -0.313 e. The Balaban J connectivity index is 1.78. The third-order valence-electron chi connectivity index (χ3n) is 3.70. The Kier molecular flexibility index (Phi) is 7.04. The lowest BCUT2D eigenvalue weighted by molar-refractivity contribution is 0.600. The maximum Gasteiger partial charge on any atom is 0.0708 e. The molecular weight excluding hydrogens is 276 g/mol. The van der Waals surface area contributed by atoms with Gasteiger partial charge >= 0.3 is 0 Å². The SMILES string of the molecule is CSCCCCCCNCc1cc(C)nc2ccccc12. The Morgan fingerprint density at radius 3 is 2.76 bits per heavy atom. The molecule has 0 fully saturated rings. The molecule has 0 radical (unpaired) electrons. The third-order valence-corrected chi connectivity index (χ3v) is 4.39. The van der Waals surface area contributed by atoms with E-state index in [4.69, 9.17) is 0 Å². The number of nitrogens with zero attached hydrogens (tertiary/aromatic N) is 1. The summed E-state index contributed by atoms with van der Waals surface area (Å²) in [5, 5.41) is 4.85. The highest BCUT2D eigenvalue weighted by Gasteiger charge is 2.03. The number of nitrogens with one attached hydrogen (secondary N) is 1. The Bertz CT molecular complexity index is 554. The zero-order chi connectivity index (χ0) is 14.9. The molecule has 1 aromatic carbocycles. The van der Waals surface area contributed by atoms with E-state index >= 15 is 0 Å². The number of hydrogen-bond donors (Lipinski definition) is 1. The summed E-state index contributed by atoms with van der Waals surface area (Å²) in [4.78, 5) is 4.59. The number of aromatic nitrogens is 1. The molecule has 0 saturated carbocycles. The molecule has 0 unspecified atom stereocenters. The summed E-state index contributed by atoms with van der Waals surface area (Å²) in [7, 11) is 0. The average Bonchev–Trinajstić information content (AvgIpc) is 2.49. The largest absolute Gasteiger partial charge is 0.313 e. The minimum atomic E-state index is 0.939. The van der Waals surface area contributed by atoms with Gasteiger partial charge in [0.1, 0.15) is 0 Å². The second-order valence-corrected chi connectivity index (χ2v) is 6.51. The number of para-hydroxylation sites is 1. The quantitative estimate of drug-likeness (QED) is 0.688. The molecule has 21 heavy (non-hydrogen) atoms. The highest BCUT2D eigenvalue weighted by Crippen LogP contribution is 2.18. The molecule has 0 amide bonds. The number of thioether (sulfide) groups is 1. The average molecular weight is 302 g/mol. The van der Waals surface area contributed by atoms with Crippen LogP contribution >= 0.6 is 11.8 Å². The standard InChI is InChI=1S/C18H26N2S/c1-15-13-16(17-9-5-6-10-18(17)20-15)14-19-11-7-3-4-8-12-21-2/h5-6,9-10,13,19H,3-4,7-8,11-12,14H2,1-2H3. The predicted octanol–water partition coefficient (Wildman–Crippen LogP) is 4.56. The van der Waals surface area contributed by atoms with E-state index in [9.17, 15) is 0 Å². The number of hydrogen-bond acceptors (Lipinski definition) is 3. The zero-order valence-electron chi connectivity index (χ0n) is 13.2. The molecule has 0 aliphatic heterocycles. The van der Waals surface area contributed by atoms with E-state index in [1.165, 1.54) is 42.4 Å². The highest BCUT2D eigenvalue weighted by molar-refractivity contribution is 7.98. The molecule has 2 rings (SSSR count). The maximum absolute atomic E-state index is 4.59. The zero-order valence-corrected chi connectivity index (χ0v) is 14.0. The van der Waals surface area contributed by atoms with Gasteiger partial charge in [-0.25, -0.2) is 0 Å². The van der Waals surface area contributed by atoms with Crippen LogP contribution in [0.4, 0.5) is 0 Å². The topological polar surface area (TPSA) is 24.9 Å². The summed E-state index contributed by atoms with van der Waals surface area (Å²) in [6, 6.07) is 10.6.